The van der Waals surface area contributed by atoms with Crippen LogP contribution in [-0.2, 0) is 6.54 Å². The maximum atomic E-state index is 12.7. The van der Waals surface area contributed by atoms with Gasteiger partial charge in [0.05, 0.1) is 0 Å². The Labute approximate surface area is 94.6 Å². The first kappa shape index (κ1) is 10.9. The molecule has 0 heterocycles. The van der Waals surface area contributed by atoms with Gasteiger partial charge < -0.3 is 5.32 Å². The monoisotopic (exact) mass is 227 g/mol. The molecule has 1 aromatic carbocycles. The Bertz CT molecular complexity index is 313. The second kappa shape index (κ2) is 4.50. The SMILES string of the molecule is Fc1ccc(CNC2(CCl)CCC2)cc1. The fourth-order valence-corrected chi connectivity index (χ4v) is 2.21. The lowest BCUT2D eigenvalue weighted by atomic mass is 9.78. The molecule has 1 aliphatic carbocycles. The predicted molar refractivity (Wildman–Crippen MR) is 60.5 cm³/mol. The number of hydrogen-bond acceptors (Lipinski definition) is 1. The van der Waals surface area contributed by atoms with Crippen LogP contribution in [0.15, 0.2) is 24.3 Å². The van der Waals surface area contributed by atoms with Gasteiger partial charge in [-0.1, -0.05) is 12.1 Å². The Morgan fingerprint density at radius 1 is 1.27 bits per heavy atom. The molecule has 0 radical (unpaired) electrons. The molecule has 1 nitrogen and oxygen atoms in total. The van der Waals surface area contributed by atoms with Crippen LogP contribution in [0.2, 0.25) is 0 Å². The highest BCUT2D eigenvalue weighted by atomic mass is 35.5. The van der Waals surface area contributed by atoms with Gasteiger partial charge >= 0.3 is 0 Å². The molecule has 0 saturated heterocycles. The second-order valence-electron chi connectivity index (χ2n) is 4.25. The largest absolute Gasteiger partial charge is 0.306 e. The van der Waals surface area contributed by atoms with Crippen LogP contribution in [0.25, 0.3) is 0 Å². The Hall–Kier alpha value is -0.600. The van der Waals surface area contributed by atoms with Gasteiger partial charge in [0.25, 0.3) is 0 Å². The first-order valence-corrected chi connectivity index (χ1v) is 5.83. The minimum absolute atomic E-state index is 0.135. The number of alkyl halides is 1. The number of benzene rings is 1. The first-order valence-electron chi connectivity index (χ1n) is 5.30. The summed E-state index contributed by atoms with van der Waals surface area (Å²) in [6, 6.07) is 6.60. The van der Waals surface area contributed by atoms with Crippen LogP contribution in [0.3, 0.4) is 0 Å². The van der Waals surface area contributed by atoms with Crippen LogP contribution in [0, 0.1) is 5.82 Å². The first-order chi connectivity index (χ1) is 7.24. The lowest BCUT2D eigenvalue weighted by molar-refractivity contribution is 0.211. The number of nitrogens with one attached hydrogen (secondary N) is 1. The van der Waals surface area contributed by atoms with E-state index in [-0.39, 0.29) is 11.4 Å². The maximum absolute atomic E-state index is 12.7. The topological polar surface area (TPSA) is 12.0 Å². The minimum Gasteiger partial charge on any atom is -0.306 e. The quantitative estimate of drug-likeness (QED) is 0.780. The molecule has 3 heteroatoms. The molecule has 0 amide bonds. The zero-order valence-electron chi connectivity index (χ0n) is 8.60. The van der Waals surface area contributed by atoms with Crippen molar-refractivity contribution in [1.82, 2.24) is 5.32 Å². The standard InChI is InChI=1S/C12H15ClFN/c13-9-12(6-1-7-12)15-8-10-2-4-11(14)5-3-10/h2-5,15H,1,6-9H2. The molecule has 1 aliphatic rings. The van der Waals surface area contributed by atoms with Gasteiger partial charge in [0, 0.05) is 18.0 Å². The summed E-state index contributed by atoms with van der Waals surface area (Å²) < 4.78 is 12.7. The van der Waals surface area contributed by atoms with Crippen molar-refractivity contribution in [3.05, 3.63) is 35.6 Å². The molecule has 2 rings (SSSR count). The van der Waals surface area contributed by atoms with E-state index in [2.05, 4.69) is 5.32 Å². The van der Waals surface area contributed by atoms with Crippen molar-refractivity contribution in [2.24, 2.45) is 0 Å². The van der Waals surface area contributed by atoms with Gasteiger partial charge in [-0.15, -0.1) is 11.6 Å². The third kappa shape index (κ3) is 2.50. The summed E-state index contributed by atoms with van der Waals surface area (Å²) in [6.07, 6.45) is 3.55. The highest BCUT2D eigenvalue weighted by Gasteiger charge is 2.35. The van der Waals surface area contributed by atoms with Gasteiger partial charge in [-0.2, -0.15) is 0 Å². The summed E-state index contributed by atoms with van der Waals surface area (Å²) in [7, 11) is 0. The Kier molecular flexibility index (Phi) is 3.27. The smallest absolute Gasteiger partial charge is 0.123 e. The summed E-state index contributed by atoms with van der Waals surface area (Å²) >= 11 is 5.93. The Morgan fingerprint density at radius 2 is 1.93 bits per heavy atom. The van der Waals surface area contributed by atoms with Crippen molar-refractivity contribution in [3.63, 3.8) is 0 Å². The van der Waals surface area contributed by atoms with Gasteiger partial charge in [-0.3, -0.25) is 0 Å². The van der Waals surface area contributed by atoms with E-state index in [0.717, 1.165) is 24.9 Å². The van der Waals surface area contributed by atoms with Crippen molar-refractivity contribution in [1.29, 1.82) is 0 Å². The Balaban J connectivity index is 1.90. The molecule has 1 fully saturated rings. The average molecular weight is 228 g/mol. The number of rotatable bonds is 4. The average Bonchev–Trinajstić information content (AvgIpc) is 2.20. The van der Waals surface area contributed by atoms with Crippen LogP contribution in [0.5, 0.6) is 0 Å². The third-order valence-electron chi connectivity index (χ3n) is 3.15. The number of halogens is 2. The third-order valence-corrected chi connectivity index (χ3v) is 3.66. The van der Waals surface area contributed by atoms with E-state index in [1.807, 2.05) is 12.1 Å². The van der Waals surface area contributed by atoms with E-state index in [1.165, 1.54) is 18.6 Å². The molecule has 1 aromatic rings. The second-order valence-corrected chi connectivity index (χ2v) is 4.51. The van der Waals surface area contributed by atoms with Crippen LogP contribution in [0.1, 0.15) is 24.8 Å². The highest BCUT2D eigenvalue weighted by molar-refractivity contribution is 6.18. The molecular formula is C12H15ClFN. The lowest BCUT2D eigenvalue weighted by Crippen LogP contribution is -2.52. The summed E-state index contributed by atoms with van der Waals surface area (Å²) in [4.78, 5) is 0. The molecule has 0 bridgehead atoms. The summed E-state index contributed by atoms with van der Waals surface area (Å²) in [5.74, 6) is 0.475. The molecule has 0 aromatic heterocycles. The molecule has 0 aliphatic heterocycles. The van der Waals surface area contributed by atoms with Crippen molar-refractivity contribution in [2.75, 3.05) is 5.88 Å². The summed E-state index contributed by atoms with van der Waals surface area (Å²) in [5, 5.41) is 3.46. The van der Waals surface area contributed by atoms with Crippen LogP contribution in [-0.4, -0.2) is 11.4 Å². The van der Waals surface area contributed by atoms with Crippen molar-refractivity contribution < 1.29 is 4.39 Å². The van der Waals surface area contributed by atoms with E-state index in [4.69, 9.17) is 11.6 Å². The summed E-state index contributed by atoms with van der Waals surface area (Å²) in [6.45, 7) is 0.771. The van der Waals surface area contributed by atoms with E-state index < -0.39 is 0 Å². The van der Waals surface area contributed by atoms with Crippen LogP contribution in [0.4, 0.5) is 4.39 Å². The van der Waals surface area contributed by atoms with E-state index in [9.17, 15) is 4.39 Å². The molecule has 15 heavy (non-hydrogen) atoms. The lowest BCUT2D eigenvalue weighted by Gasteiger charge is -2.41. The van der Waals surface area contributed by atoms with Crippen molar-refractivity contribution in [3.8, 4) is 0 Å². The fourth-order valence-electron chi connectivity index (χ4n) is 1.85. The highest BCUT2D eigenvalue weighted by Crippen LogP contribution is 2.33. The molecule has 82 valence electrons. The minimum atomic E-state index is -0.186. The molecule has 0 unspecified atom stereocenters. The summed E-state index contributed by atoms with van der Waals surface area (Å²) in [5.41, 5.74) is 1.24. The van der Waals surface area contributed by atoms with Gasteiger partial charge in [0.1, 0.15) is 5.82 Å². The molecule has 1 saturated carbocycles. The zero-order valence-corrected chi connectivity index (χ0v) is 9.36. The zero-order chi connectivity index (χ0) is 10.7. The van der Waals surface area contributed by atoms with Gasteiger partial charge in [-0.05, 0) is 37.0 Å². The van der Waals surface area contributed by atoms with Gasteiger partial charge in [-0.25, -0.2) is 4.39 Å². The molecular weight excluding hydrogens is 213 g/mol. The normalized spacial score (nSPS) is 18.5. The molecule has 0 spiro atoms. The van der Waals surface area contributed by atoms with Gasteiger partial charge in [0.2, 0.25) is 0 Å². The van der Waals surface area contributed by atoms with Gasteiger partial charge in [0.15, 0.2) is 0 Å². The van der Waals surface area contributed by atoms with Crippen molar-refractivity contribution >= 4 is 11.6 Å². The maximum Gasteiger partial charge on any atom is 0.123 e. The van der Waals surface area contributed by atoms with Crippen LogP contribution < -0.4 is 5.32 Å². The van der Waals surface area contributed by atoms with Crippen molar-refractivity contribution in [2.45, 2.75) is 31.3 Å². The molecule has 0 atom stereocenters. The Morgan fingerprint density at radius 3 is 2.40 bits per heavy atom. The van der Waals surface area contributed by atoms with E-state index in [0.29, 0.717) is 5.88 Å². The van der Waals surface area contributed by atoms with E-state index in [1.54, 1.807) is 0 Å². The van der Waals surface area contributed by atoms with Crippen LogP contribution >= 0.6 is 11.6 Å². The van der Waals surface area contributed by atoms with E-state index >= 15 is 0 Å². The predicted octanol–water partition coefficient (Wildman–Crippen LogP) is 3.08. The fraction of sp³-hybridized carbons (Fsp3) is 0.500. The number of hydrogen-bond donors (Lipinski definition) is 1. The molecule has 1 N–H and O–H groups in total.